The molecule has 1 rings (SSSR count). The highest BCUT2D eigenvalue weighted by atomic mass is 35.5. The second-order valence-electron chi connectivity index (χ2n) is 2.29. The monoisotopic (exact) mass is 194 g/mol. The Morgan fingerprint density at radius 3 is 2.92 bits per heavy atom. The van der Waals surface area contributed by atoms with Crippen molar-refractivity contribution in [2.24, 2.45) is 0 Å². The molecule has 0 saturated carbocycles. The number of hydrogen-bond acceptors (Lipinski definition) is 2. The molecular weight excluding hydrogens is 188 g/mol. The van der Waals surface area contributed by atoms with Crippen molar-refractivity contribution < 1.29 is 9.90 Å². The Bertz CT molecular complexity index is 374. The zero-order chi connectivity index (χ0) is 9.68. The van der Waals surface area contributed by atoms with E-state index in [1.165, 1.54) is 6.07 Å². The maximum absolute atomic E-state index is 10.5. The van der Waals surface area contributed by atoms with Crippen LogP contribution >= 0.6 is 11.6 Å². The number of phenols is 1. The molecule has 0 amide bonds. The van der Waals surface area contributed by atoms with Gasteiger partial charge in [-0.1, -0.05) is 24.0 Å². The summed E-state index contributed by atoms with van der Waals surface area (Å²) in [7, 11) is 0. The Kier molecular flexibility index (Phi) is 3.36. The summed E-state index contributed by atoms with van der Waals surface area (Å²) in [6.45, 7) is 0. The van der Waals surface area contributed by atoms with Crippen LogP contribution in [0.2, 0.25) is 0 Å². The quantitative estimate of drug-likeness (QED) is 0.421. The fraction of sp³-hybridized carbons (Fsp3) is 0.100. The van der Waals surface area contributed by atoms with E-state index in [0.717, 1.165) is 0 Å². The van der Waals surface area contributed by atoms with E-state index in [1.54, 1.807) is 12.1 Å². The van der Waals surface area contributed by atoms with Crippen molar-refractivity contribution in [1.29, 1.82) is 0 Å². The number of aromatic hydroxyl groups is 1. The SMILES string of the molecule is O=Cc1cccc(O)c1C#CCCl. The maximum atomic E-state index is 10.5. The number of aldehydes is 1. The minimum atomic E-state index is 0.00205. The molecule has 13 heavy (non-hydrogen) atoms. The molecule has 1 aromatic carbocycles. The Morgan fingerprint density at radius 2 is 2.31 bits per heavy atom. The van der Waals surface area contributed by atoms with Crippen LogP contribution in [-0.2, 0) is 0 Å². The third-order valence-electron chi connectivity index (χ3n) is 1.48. The lowest BCUT2D eigenvalue weighted by Gasteiger charge is -1.98. The number of phenolic OH excluding ortho intramolecular Hbond substituents is 1. The predicted molar refractivity (Wildman–Crippen MR) is 51.1 cm³/mol. The molecule has 0 aromatic heterocycles. The Morgan fingerprint density at radius 1 is 1.54 bits per heavy atom. The average molecular weight is 195 g/mol. The number of halogens is 1. The molecule has 0 bridgehead atoms. The van der Waals surface area contributed by atoms with Gasteiger partial charge in [0.15, 0.2) is 6.29 Å². The molecule has 0 aliphatic heterocycles. The van der Waals surface area contributed by atoms with Gasteiger partial charge >= 0.3 is 0 Å². The molecule has 1 N–H and O–H groups in total. The van der Waals surface area contributed by atoms with E-state index in [0.29, 0.717) is 17.4 Å². The van der Waals surface area contributed by atoms with Crippen LogP contribution in [0.3, 0.4) is 0 Å². The van der Waals surface area contributed by atoms with Gasteiger partial charge in [0.1, 0.15) is 5.75 Å². The number of carbonyl (C=O) groups excluding carboxylic acids is 1. The first-order chi connectivity index (χ1) is 6.29. The summed E-state index contributed by atoms with van der Waals surface area (Å²) in [6.07, 6.45) is 0.651. The van der Waals surface area contributed by atoms with E-state index in [9.17, 15) is 9.90 Å². The first-order valence-electron chi connectivity index (χ1n) is 3.61. The van der Waals surface area contributed by atoms with Gasteiger partial charge in [0.05, 0.1) is 11.4 Å². The molecule has 0 atom stereocenters. The van der Waals surface area contributed by atoms with E-state index >= 15 is 0 Å². The van der Waals surface area contributed by atoms with Crippen LogP contribution < -0.4 is 0 Å². The van der Waals surface area contributed by atoms with Gasteiger partial charge in [-0.2, -0.15) is 0 Å². The molecular formula is C10H7ClO2. The molecule has 0 aliphatic carbocycles. The van der Waals surface area contributed by atoms with Gasteiger partial charge in [-0.05, 0) is 6.07 Å². The molecule has 0 heterocycles. The molecule has 2 nitrogen and oxygen atoms in total. The smallest absolute Gasteiger partial charge is 0.151 e. The highest BCUT2D eigenvalue weighted by Crippen LogP contribution is 2.18. The van der Waals surface area contributed by atoms with Gasteiger partial charge in [0.2, 0.25) is 0 Å². The van der Waals surface area contributed by atoms with Crippen molar-refractivity contribution in [1.82, 2.24) is 0 Å². The van der Waals surface area contributed by atoms with Gasteiger partial charge in [-0.3, -0.25) is 4.79 Å². The van der Waals surface area contributed by atoms with Crippen LogP contribution in [0, 0.1) is 11.8 Å². The average Bonchev–Trinajstić information content (AvgIpc) is 2.15. The highest BCUT2D eigenvalue weighted by molar-refractivity contribution is 6.19. The number of hydrogen-bond donors (Lipinski definition) is 1. The van der Waals surface area contributed by atoms with Crippen molar-refractivity contribution in [2.75, 3.05) is 5.88 Å². The van der Waals surface area contributed by atoms with E-state index in [2.05, 4.69) is 11.8 Å². The number of alkyl halides is 1. The molecule has 0 radical (unpaired) electrons. The largest absolute Gasteiger partial charge is 0.507 e. The number of rotatable bonds is 1. The van der Waals surface area contributed by atoms with Gasteiger partial charge in [0.25, 0.3) is 0 Å². The van der Waals surface area contributed by atoms with Crippen molar-refractivity contribution in [3.05, 3.63) is 29.3 Å². The van der Waals surface area contributed by atoms with E-state index in [1.807, 2.05) is 0 Å². The number of benzene rings is 1. The maximum Gasteiger partial charge on any atom is 0.151 e. The summed E-state index contributed by atoms with van der Waals surface area (Å²) < 4.78 is 0. The standard InChI is InChI=1S/C10H7ClO2/c11-6-2-4-9-8(7-12)3-1-5-10(9)13/h1,3,5,7,13H,6H2. The van der Waals surface area contributed by atoms with Crippen LogP contribution in [-0.4, -0.2) is 17.3 Å². The summed E-state index contributed by atoms with van der Waals surface area (Å²) in [6, 6.07) is 4.65. The van der Waals surface area contributed by atoms with E-state index in [-0.39, 0.29) is 11.6 Å². The Balaban J connectivity index is 3.22. The van der Waals surface area contributed by atoms with E-state index in [4.69, 9.17) is 11.6 Å². The predicted octanol–water partition coefficient (Wildman–Crippen LogP) is 1.79. The molecule has 0 spiro atoms. The second-order valence-corrected chi connectivity index (χ2v) is 2.56. The van der Waals surface area contributed by atoms with Crippen LogP contribution in [0.4, 0.5) is 0 Å². The van der Waals surface area contributed by atoms with E-state index < -0.39 is 0 Å². The normalized spacial score (nSPS) is 8.69. The third-order valence-corrected chi connectivity index (χ3v) is 1.62. The Labute approximate surface area is 81.1 Å². The highest BCUT2D eigenvalue weighted by Gasteiger charge is 2.02. The van der Waals surface area contributed by atoms with Gasteiger partial charge in [0, 0.05) is 5.56 Å². The van der Waals surface area contributed by atoms with Crippen molar-refractivity contribution in [3.8, 4) is 17.6 Å². The molecule has 66 valence electrons. The molecule has 0 fully saturated rings. The zero-order valence-electron chi connectivity index (χ0n) is 6.75. The first kappa shape index (κ1) is 9.63. The lowest BCUT2D eigenvalue weighted by atomic mass is 10.1. The summed E-state index contributed by atoms with van der Waals surface area (Å²) in [4.78, 5) is 10.5. The lowest BCUT2D eigenvalue weighted by molar-refractivity contribution is 0.112. The van der Waals surface area contributed by atoms with Crippen molar-refractivity contribution in [2.45, 2.75) is 0 Å². The van der Waals surface area contributed by atoms with Crippen LogP contribution in [0.25, 0.3) is 0 Å². The van der Waals surface area contributed by atoms with Crippen molar-refractivity contribution >= 4 is 17.9 Å². The van der Waals surface area contributed by atoms with Crippen LogP contribution in [0.5, 0.6) is 5.75 Å². The zero-order valence-corrected chi connectivity index (χ0v) is 7.51. The molecule has 0 aliphatic rings. The minimum Gasteiger partial charge on any atom is -0.507 e. The summed E-state index contributed by atoms with van der Waals surface area (Å²) in [5.41, 5.74) is 0.704. The van der Waals surface area contributed by atoms with Crippen LogP contribution in [0.15, 0.2) is 18.2 Å². The van der Waals surface area contributed by atoms with Gasteiger partial charge in [-0.15, -0.1) is 11.6 Å². The lowest BCUT2D eigenvalue weighted by Crippen LogP contribution is -1.87. The second kappa shape index (κ2) is 4.54. The summed E-state index contributed by atoms with van der Waals surface area (Å²) in [5, 5.41) is 9.34. The fourth-order valence-corrected chi connectivity index (χ4v) is 0.981. The Hall–Kier alpha value is -1.46. The van der Waals surface area contributed by atoms with Crippen LogP contribution in [0.1, 0.15) is 15.9 Å². The molecule has 0 unspecified atom stereocenters. The first-order valence-corrected chi connectivity index (χ1v) is 4.15. The fourth-order valence-electron chi connectivity index (χ4n) is 0.914. The topological polar surface area (TPSA) is 37.3 Å². The van der Waals surface area contributed by atoms with Gasteiger partial charge in [-0.25, -0.2) is 0 Å². The summed E-state index contributed by atoms with van der Waals surface area (Å²) in [5.74, 6) is 5.37. The van der Waals surface area contributed by atoms with Gasteiger partial charge < -0.3 is 5.11 Å². The number of carbonyl (C=O) groups is 1. The molecule has 3 heteroatoms. The minimum absolute atomic E-state index is 0.00205. The molecule has 0 saturated heterocycles. The van der Waals surface area contributed by atoms with Crippen molar-refractivity contribution in [3.63, 3.8) is 0 Å². The summed E-state index contributed by atoms with van der Waals surface area (Å²) >= 11 is 5.36. The third kappa shape index (κ3) is 2.24. The molecule has 1 aromatic rings.